The summed E-state index contributed by atoms with van der Waals surface area (Å²) in [6, 6.07) is 2.12. The summed E-state index contributed by atoms with van der Waals surface area (Å²) < 4.78 is 32.2. The molecule has 102 valence electrons. The lowest BCUT2D eigenvalue weighted by Crippen LogP contribution is -2.12. The van der Waals surface area contributed by atoms with Crippen LogP contribution in [0.1, 0.15) is 12.7 Å². The quantitative estimate of drug-likeness (QED) is 0.875. The molecule has 19 heavy (non-hydrogen) atoms. The lowest BCUT2D eigenvalue weighted by atomic mass is 10.1. The van der Waals surface area contributed by atoms with E-state index in [2.05, 4.69) is 15.3 Å². The number of hydrogen-bond donors (Lipinski definition) is 2. The third kappa shape index (κ3) is 2.90. The summed E-state index contributed by atoms with van der Waals surface area (Å²) in [6.07, 6.45) is 1.48. The van der Waals surface area contributed by atoms with Crippen molar-refractivity contribution in [1.29, 1.82) is 0 Å². The molecule has 0 unspecified atom stereocenters. The summed E-state index contributed by atoms with van der Waals surface area (Å²) in [4.78, 5) is 7.05. The van der Waals surface area contributed by atoms with Crippen LogP contribution in [0.3, 0.4) is 0 Å². The van der Waals surface area contributed by atoms with Crippen LogP contribution in [0.4, 0.5) is 8.78 Å². The van der Waals surface area contributed by atoms with E-state index in [1.165, 1.54) is 13.3 Å². The number of aromatic nitrogens is 2. The molecular formula is C13H15F2N3O. The summed E-state index contributed by atoms with van der Waals surface area (Å²) in [5.74, 6) is -0.611. The van der Waals surface area contributed by atoms with Gasteiger partial charge in [-0.1, -0.05) is 6.92 Å². The molecule has 0 saturated heterocycles. The molecule has 0 saturated carbocycles. The van der Waals surface area contributed by atoms with E-state index in [1.54, 1.807) is 0 Å². The van der Waals surface area contributed by atoms with Gasteiger partial charge in [-0.25, -0.2) is 13.8 Å². The number of hydrogen-bond acceptors (Lipinski definition) is 3. The van der Waals surface area contributed by atoms with Crippen molar-refractivity contribution >= 4 is 0 Å². The van der Waals surface area contributed by atoms with Gasteiger partial charge in [-0.05, 0) is 12.6 Å². The van der Waals surface area contributed by atoms with Gasteiger partial charge in [0.2, 0.25) is 0 Å². The molecule has 0 aliphatic rings. The van der Waals surface area contributed by atoms with Crippen molar-refractivity contribution in [2.45, 2.75) is 13.5 Å². The molecule has 1 aromatic heterocycles. The summed E-state index contributed by atoms with van der Waals surface area (Å²) in [6.45, 7) is 3.33. The molecule has 0 bridgehead atoms. The van der Waals surface area contributed by atoms with E-state index in [1.807, 2.05) is 6.92 Å². The number of halogens is 2. The summed E-state index contributed by atoms with van der Waals surface area (Å²) >= 11 is 0. The van der Waals surface area contributed by atoms with Crippen LogP contribution < -0.4 is 10.1 Å². The van der Waals surface area contributed by atoms with E-state index in [-0.39, 0.29) is 11.3 Å². The van der Waals surface area contributed by atoms with E-state index in [0.29, 0.717) is 18.1 Å². The fourth-order valence-corrected chi connectivity index (χ4v) is 1.72. The zero-order chi connectivity index (χ0) is 13.8. The topological polar surface area (TPSA) is 49.9 Å². The van der Waals surface area contributed by atoms with E-state index in [4.69, 9.17) is 4.74 Å². The minimum Gasteiger partial charge on any atom is -0.494 e. The van der Waals surface area contributed by atoms with E-state index < -0.39 is 11.6 Å². The molecule has 2 rings (SSSR count). The molecule has 0 fully saturated rings. The number of benzene rings is 1. The van der Waals surface area contributed by atoms with Crippen molar-refractivity contribution in [2.75, 3.05) is 13.7 Å². The Hall–Kier alpha value is -1.95. The first-order valence-electron chi connectivity index (χ1n) is 5.93. The average Bonchev–Trinajstić information content (AvgIpc) is 2.87. The van der Waals surface area contributed by atoms with Crippen LogP contribution in [0.5, 0.6) is 5.75 Å². The monoisotopic (exact) mass is 267 g/mol. The molecule has 0 aliphatic carbocycles. The van der Waals surface area contributed by atoms with Crippen molar-refractivity contribution in [3.63, 3.8) is 0 Å². The van der Waals surface area contributed by atoms with Crippen LogP contribution in [-0.4, -0.2) is 23.6 Å². The molecule has 0 atom stereocenters. The Balaban J connectivity index is 2.31. The average molecular weight is 267 g/mol. The maximum absolute atomic E-state index is 13.9. The molecule has 1 aromatic carbocycles. The van der Waals surface area contributed by atoms with Gasteiger partial charge in [0, 0.05) is 11.6 Å². The van der Waals surface area contributed by atoms with Gasteiger partial charge in [0.05, 0.1) is 25.5 Å². The van der Waals surface area contributed by atoms with Gasteiger partial charge in [0.25, 0.3) is 0 Å². The molecule has 0 radical (unpaired) electrons. The number of imidazole rings is 1. The zero-order valence-corrected chi connectivity index (χ0v) is 10.8. The van der Waals surface area contributed by atoms with E-state index >= 15 is 0 Å². The Morgan fingerprint density at radius 2 is 2.11 bits per heavy atom. The van der Waals surface area contributed by atoms with Crippen LogP contribution >= 0.6 is 0 Å². The van der Waals surface area contributed by atoms with Gasteiger partial charge >= 0.3 is 0 Å². The van der Waals surface area contributed by atoms with E-state index in [9.17, 15) is 8.78 Å². The molecule has 6 heteroatoms. The Morgan fingerprint density at radius 1 is 1.32 bits per heavy atom. The molecule has 2 N–H and O–H groups in total. The molecule has 2 aromatic rings. The first-order valence-corrected chi connectivity index (χ1v) is 5.93. The summed E-state index contributed by atoms with van der Waals surface area (Å²) in [5.41, 5.74) is 0.570. The van der Waals surface area contributed by atoms with Crippen molar-refractivity contribution in [2.24, 2.45) is 0 Å². The first kappa shape index (κ1) is 13.5. The third-order valence-electron chi connectivity index (χ3n) is 2.70. The van der Waals surface area contributed by atoms with Crippen LogP contribution in [-0.2, 0) is 6.54 Å². The Kier molecular flexibility index (Phi) is 4.11. The van der Waals surface area contributed by atoms with Gasteiger partial charge in [0.1, 0.15) is 11.6 Å². The second-order valence-corrected chi connectivity index (χ2v) is 3.99. The molecule has 1 heterocycles. The molecular weight excluding hydrogens is 252 g/mol. The molecule has 0 aliphatic heterocycles. The van der Waals surface area contributed by atoms with Gasteiger partial charge in [-0.2, -0.15) is 0 Å². The molecule has 4 nitrogen and oxygen atoms in total. The number of nitrogens with one attached hydrogen (secondary N) is 2. The van der Waals surface area contributed by atoms with Crippen LogP contribution in [0, 0.1) is 11.6 Å². The first-order chi connectivity index (χ1) is 9.15. The van der Waals surface area contributed by atoms with Gasteiger partial charge in [-0.3, -0.25) is 0 Å². The normalized spacial score (nSPS) is 10.7. The maximum Gasteiger partial charge on any atom is 0.165 e. The summed E-state index contributed by atoms with van der Waals surface area (Å²) in [7, 11) is 1.29. The number of H-pyrrole nitrogens is 1. The highest BCUT2D eigenvalue weighted by molar-refractivity contribution is 5.61. The van der Waals surface area contributed by atoms with Gasteiger partial charge < -0.3 is 15.0 Å². The number of rotatable bonds is 5. The van der Waals surface area contributed by atoms with Crippen LogP contribution in [0.2, 0.25) is 0 Å². The number of nitrogens with zero attached hydrogens (tertiary/aromatic N) is 1. The minimum absolute atomic E-state index is 0.117. The highest BCUT2D eigenvalue weighted by Gasteiger charge is 2.13. The smallest absolute Gasteiger partial charge is 0.165 e. The Labute approximate surface area is 109 Å². The van der Waals surface area contributed by atoms with Crippen molar-refractivity contribution in [3.05, 3.63) is 35.8 Å². The lowest BCUT2D eigenvalue weighted by molar-refractivity contribution is 0.383. The fourth-order valence-electron chi connectivity index (χ4n) is 1.72. The van der Waals surface area contributed by atoms with Crippen LogP contribution in [0.25, 0.3) is 11.3 Å². The van der Waals surface area contributed by atoms with Crippen molar-refractivity contribution < 1.29 is 13.5 Å². The largest absolute Gasteiger partial charge is 0.494 e. The maximum atomic E-state index is 13.9. The zero-order valence-electron chi connectivity index (χ0n) is 10.8. The number of aromatic amines is 1. The highest BCUT2D eigenvalue weighted by atomic mass is 19.1. The number of ether oxygens (including phenoxy) is 1. The van der Waals surface area contributed by atoms with Crippen molar-refractivity contribution in [1.82, 2.24) is 15.3 Å². The second-order valence-electron chi connectivity index (χ2n) is 3.99. The predicted molar refractivity (Wildman–Crippen MR) is 67.9 cm³/mol. The third-order valence-corrected chi connectivity index (χ3v) is 2.70. The van der Waals surface area contributed by atoms with Gasteiger partial charge in [0.15, 0.2) is 11.6 Å². The SMILES string of the molecule is CCNCc1ncc(-c2cc(F)c(OC)cc2F)[nH]1. The molecule has 0 spiro atoms. The van der Waals surface area contributed by atoms with E-state index in [0.717, 1.165) is 18.7 Å². The highest BCUT2D eigenvalue weighted by Crippen LogP contribution is 2.27. The summed E-state index contributed by atoms with van der Waals surface area (Å²) in [5, 5.41) is 3.09. The second kappa shape index (κ2) is 5.79. The fraction of sp³-hybridized carbons (Fsp3) is 0.308. The minimum atomic E-state index is -0.610. The standard InChI is InChI=1S/C13H15F2N3O/c1-3-16-7-13-17-6-11(18-13)8-4-10(15)12(19-2)5-9(8)14/h4-6,16H,3,7H2,1-2H3,(H,17,18). The van der Waals surface area contributed by atoms with Gasteiger partial charge in [-0.15, -0.1) is 0 Å². The molecule has 0 amide bonds. The Bertz CT molecular complexity index is 569. The predicted octanol–water partition coefficient (Wildman–Crippen LogP) is 2.47. The van der Waals surface area contributed by atoms with Crippen LogP contribution in [0.15, 0.2) is 18.3 Å². The lowest BCUT2D eigenvalue weighted by Gasteiger charge is -2.05. The number of methoxy groups -OCH3 is 1. The van der Waals surface area contributed by atoms with Crippen molar-refractivity contribution in [3.8, 4) is 17.0 Å². The Morgan fingerprint density at radius 3 is 2.79 bits per heavy atom.